The zero-order chi connectivity index (χ0) is 15.3. The van der Waals surface area contributed by atoms with Gasteiger partial charge >= 0.3 is 6.03 Å². The van der Waals surface area contributed by atoms with E-state index in [4.69, 9.17) is 0 Å². The van der Waals surface area contributed by atoms with Crippen LogP contribution in [0.1, 0.15) is 38.5 Å². The summed E-state index contributed by atoms with van der Waals surface area (Å²) in [6.07, 6.45) is 6.82. The number of hydrogen-bond acceptors (Lipinski definition) is 4. The molecule has 2 N–H and O–H groups in total. The van der Waals surface area contributed by atoms with Crippen molar-refractivity contribution in [1.82, 2.24) is 10.7 Å². The number of urea groups is 1. The lowest BCUT2D eigenvalue weighted by molar-refractivity contribution is 0.238. The van der Waals surface area contributed by atoms with Gasteiger partial charge in [0.15, 0.2) is 9.84 Å². The lowest BCUT2D eigenvalue weighted by Crippen LogP contribution is -2.41. The monoisotopic (exact) mass is 325 g/mol. The molecule has 3 saturated carbocycles. The van der Waals surface area contributed by atoms with Crippen LogP contribution < -0.4 is 10.7 Å². The molecule has 1 aliphatic heterocycles. The van der Waals surface area contributed by atoms with Crippen molar-refractivity contribution >= 4 is 21.6 Å². The molecule has 4 aliphatic rings. The van der Waals surface area contributed by atoms with Crippen molar-refractivity contribution in [2.45, 2.75) is 44.6 Å². The van der Waals surface area contributed by atoms with Crippen LogP contribution in [0.3, 0.4) is 0 Å². The molecule has 4 fully saturated rings. The standard InChI is InChI=1S/C15H23N3O3S/c19-15(16-10-4-5-22(20,21)8-10)18-17-14-7-9-6-13(14)12-3-1-2-11(9)12/h9-13H,1-8H2,(H2,16,18,19)/b17-14+/t9-,10+,11+,12-,13+/m1/s1. The van der Waals surface area contributed by atoms with Crippen molar-refractivity contribution in [3.63, 3.8) is 0 Å². The predicted octanol–water partition coefficient (Wildman–Crippen LogP) is 1.28. The highest BCUT2D eigenvalue weighted by Gasteiger charge is 2.52. The lowest BCUT2D eigenvalue weighted by Gasteiger charge is -2.25. The number of hydrazone groups is 1. The first-order chi connectivity index (χ1) is 10.5. The van der Waals surface area contributed by atoms with E-state index in [1.165, 1.54) is 25.7 Å². The van der Waals surface area contributed by atoms with Crippen molar-refractivity contribution in [1.29, 1.82) is 0 Å². The van der Waals surface area contributed by atoms with Crippen LogP contribution in [0.25, 0.3) is 0 Å². The summed E-state index contributed by atoms with van der Waals surface area (Å²) in [7, 11) is -2.97. The Morgan fingerprint density at radius 1 is 1.18 bits per heavy atom. The molecule has 0 aromatic heterocycles. The molecule has 0 aromatic rings. The molecule has 1 saturated heterocycles. The quantitative estimate of drug-likeness (QED) is 0.750. The molecule has 1 heterocycles. The van der Waals surface area contributed by atoms with Crippen LogP contribution in [0.2, 0.25) is 0 Å². The molecule has 5 atom stereocenters. The summed E-state index contributed by atoms with van der Waals surface area (Å²) in [5.74, 6) is 3.26. The highest BCUT2D eigenvalue weighted by molar-refractivity contribution is 7.91. The minimum Gasteiger partial charge on any atom is -0.333 e. The third-order valence-corrected chi connectivity index (χ3v) is 7.84. The Balaban J connectivity index is 1.32. The van der Waals surface area contributed by atoms with Gasteiger partial charge in [-0.15, -0.1) is 0 Å². The second-order valence-electron chi connectivity index (χ2n) is 7.35. The lowest BCUT2D eigenvalue weighted by atomic mass is 9.81. The van der Waals surface area contributed by atoms with Gasteiger partial charge in [-0.3, -0.25) is 0 Å². The molecule has 3 aliphatic carbocycles. The summed E-state index contributed by atoms with van der Waals surface area (Å²) in [5.41, 5.74) is 3.74. The van der Waals surface area contributed by atoms with Crippen LogP contribution in [0.4, 0.5) is 4.79 Å². The number of rotatable bonds is 2. The number of sulfone groups is 1. The molecule has 4 rings (SSSR count). The molecule has 22 heavy (non-hydrogen) atoms. The maximum atomic E-state index is 11.9. The first-order valence-electron chi connectivity index (χ1n) is 8.35. The molecule has 2 amide bonds. The third-order valence-electron chi connectivity index (χ3n) is 6.07. The fourth-order valence-electron chi connectivity index (χ4n) is 5.19. The molecule has 7 heteroatoms. The average molecular weight is 325 g/mol. The van der Waals surface area contributed by atoms with Crippen LogP contribution in [-0.2, 0) is 9.84 Å². The van der Waals surface area contributed by atoms with Gasteiger partial charge in [-0.25, -0.2) is 18.6 Å². The minimum absolute atomic E-state index is 0.0471. The summed E-state index contributed by atoms with van der Waals surface area (Å²) in [5, 5.41) is 7.06. The molecule has 0 aromatic carbocycles. The van der Waals surface area contributed by atoms with Gasteiger partial charge in [0.1, 0.15) is 0 Å². The topological polar surface area (TPSA) is 87.6 Å². The number of fused-ring (bicyclic) bond motifs is 5. The Bertz CT molecular complexity index is 616. The number of nitrogens with zero attached hydrogens (tertiary/aromatic N) is 1. The Labute approximate surface area is 131 Å². The van der Waals surface area contributed by atoms with Gasteiger partial charge in [-0.2, -0.15) is 5.10 Å². The predicted molar refractivity (Wildman–Crippen MR) is 83.2 cm³/mol. The Morgan fingerprint density at radius 2 is 2.00 bits per heavy atom. The minimum atomic E-state index is -2.97. The van der Waals surface area contributed by atoms with Crippen molar-refractivity contribution in [2.24, 2.45) is 28.8 Å². The van der Waals surface area contributed by atoms with E-state index >= 15 is 0 Å². The smallest absolute Gasteiger partial charge is 0.333 e. The molecule has 6 nitrogen and oxygen atoms in total. The van der Waals surface area contributed by atoms with Crippen LogP contribution in [0.15, 0.2) is 5.10 Å². The van der Waals surface area contributed by atoms with Gasteiger partial charge in [0.2, 0.25) is 0 Å². The largest absolute Gasteiger partial charge is 0.335 e. The molecule has 0 radical (unpaired) electrons. The van der Waals surface area contributed by atoms with Crippen molar-refractivity contribution in [2.75, 3.05) is 11.5 Å². The van der Waals surface area contributed by atoms with Gasteiger partial charge in [0, 0.05) is 17.7 Å². The molecule has 2 bridgehead atoms. The fourth-order valence-corrected chi connectivity index (χ4v) is 6.87. The third kappa shape index (κ3) is 2.53. The van der Waals surface area contributed by atoms with E-state index in [9.17, 15) is 13.2 Å². The molecular formula is C15H23N3O3S. The van der Waals surface area contributed by atoms with E-state index in [1.807, 2.05) is 0 Å². The summed E-state index contributed by atoms with van der Waals surface area (Å²) in [6.45, 7) is 0. The number of hydrogen-bond donors (Lipinski definition) is 2. The van der Waals surface area contributed by atoms with Crippen molar-refractivity contribution in [3.8, 4) is 0 Å². The number of carbonyl (C=O) groups excluding carboxylic acids is 1. The second kappa shape index (κ2) is 5.22. The van der Waals surface area contributed by atoms with Crippen LogP contribution >= 0.6 is 0 Å². The van der Waals surface area contributed by atoms with Gasteiger partial charge in [-0.05, 0) is 49.9 Å². The SMILES string of the molecule is O=C(N/N=C1\C[C@H]2C[C@H]1[C@@H]1CCC[C@@H]21)N[C@H]1CCS(=O)(=O)C1. The van der Waals surface area contributed by atoms with Crippen LogP contribution in [0.5, 0.6) is 0 Å². The van der Waals surface area contributed by atoms with E-state index in [0.29, 0.717) is 12.3 Å². The van der Waals surface area contributed by atoms with Gasteiger partial charge in [0.05, 0.1) is 11.5 Å². The van der Waals surface area contributed by atoms with E-state index in [1.54, 1.807) is 0 Å². The van der Waals surface area contributed by atoms with Gasteiger partial charge < -0.3 is 5.32 Å². The highest BCUT2D eigenvalue weighted by atomic mass is 32.2. The van der Waals surface area contributed by atoms with Crippen LogP contribution in [-0.4, -0.2) is 37.7 Å². The second-order valence-corrected chi connectivity index (χ2v) is 9.58. The van der Waals surface area contributed by atoms with Crippen molar-refractivity contribution in [3.05, 3.63) is 0 Å². The Morgan fingerprint density at radius 3 is 2.77 bits per heavy atom. The number of carbonyl (C=O) groups is 1. The maximum absolute atomic E-state index is 11.9. The van der Waals surface area contributed by atoms with E-state index in [-0.39, 0.29) is 23.6 Å². The fraction of sp³-hybridized carbons (Fsp3) is 0.867. The average Bonchev–Trinajstić information content (AvgIpc) is 3.17. The van der Waals surface area contributed by atoms with E-state index in [0.717, 1.165) is 29.9 Å². The van der Waals surface area contributed by atoms with E-state index in [2.05, 4.69) is 15.8 Å². The van der Waals surface area contributed by atoms with Crippen molar-refractivity contribution < 1.29 is 13.2 Å². The zero-order valence-electron chi connectivity index (χ0n) is 12.6. The van der Waals surface area contributed by atoms with Gasteiger partial charge in [-0.1, -0.05) is 6.42 Å². The first kappa shape index (κ1) is 14.5. The zero-order valence-corrected chi connectivity index (χ0v) is 13.4. The summed E-state index contributed by atoms with van der Waals surface area (Å²) < 4.78 is 22.8. The summed E-state index contributed by atoms with van der Waals surface area (Å²) in [4.78, 5) is 11.9. The first-order valence-corrected chi connectivity index (χ1v) is 10.2. The molecule has 0 unspecified atom stereocenters. The normalized spacial score (nSPS) is 43.5. The summed E-state index contributed by atoms with van der Waals surface area (Å²) in [6, 6.07) is -0.648. The Hall–Kier alpha value is -1.11. The maximum Gasteiger partial charge on any atom is 0.335 e. The molecule has 122 valence electrons. The number of nitrogens with one attached hydrogen (secondary N) is 2. The van der Waals surface area contributed by atoms with Crippen LogP contribution in [0, 0.1) is 23.7 Å². The molecular weight excluding hydrogens is 302 g/mol. The summed E-state index contributed by atoms with van der Waals surface area (Å²) >= 11 is 0. The van der Waals surface area contributed by atoms with E-state index < -0.39 is 9.84 Å². The Kier molecular flexibility index (Phi) is 3.43. The highest BCUT2D eigenvalue weighted by Crippen LogP contribution is 2.57. The number of amides is 2. The molecule has 0 spiro atoms. The van der Waals surface area contributed by atoms with Gasteiger partial charge in [0.25, 0.3) is 0 Å².